The summed E-state index contributed by atoms with van der Waals surface area (Å²) < 4.78 is 0. The number of amides is 1. The molecule has 0 aromatic rings. The van der Waals surface area contributed by atoms with Gasteiger partial charge in [0.1, 0.15) is 0 Å². The summed E-state index contributed by atoms with van der Waals surface area (Å²) in [7, 11) is 0. The lowest BCUT2D eigenvalue weighted by atomic mass is 9.44. The van der Waals surface area contributed by atoms with E-state index in [1.165, 1.54) is 13.3 Å². The fraction of sp³-hybridized carbons (Fsp3) is 0.857. The molecule has 0 aromatic heterocycles. The minimum atomic E-state index is -0.858. The lowest BCUT2D eigenvalue weighted by Crippen LogP contribution is -2.60. The van der Waals surface area contributed by atoms with E-state index in [-0.39, 0.29) is 11.3 Å². The molecule has 4 nitrogen and oxygen atoms in total. The fourth-order valence-electron chi connectivity index (χ4n) is 5.21. The highest BCUT2D eigenvalue weighted by Crippen LogP contribution is 2.64. The van der Waals surface area contributed by atoms with Crippen molar-refractivity contribution in [2.24, 2.45) is 22.7 Å². The molecule has 4 fully saturated rings. The van der Waals surface area contributed by atoms with E-state index >= 15 is 0 Å². The first-order valence-corrected chi connectivity index (χ1v) is 6.89. The van der Waals surface area contributed by atoms with E-state index in [0.717, 1.165) is 25.7 Å². The third kappa shape index (κ3) is 1.73. The molecule has 4 aliphatic rings. The highest BCUT2D eigenvalue weighted by atomic mass is 16.4. The Bertz CT molecular complexity index is 390. The van der Waals surface area contributed by atoms with Crippen molar-refractivity contribution in [3.63, 3.8) is 0 Å². The molecule has 0 spiro atoms. The number of carbonyl (C=O) groups excluding carboxylic acids is 2. The Balaban J connectivity index is 1.85. The Kier molecular flexibility index (Phi) is 2.48. The summed E-state index contributed by atoms with van der Waals surface area (Å²) in [5, 5.41) is 14.4. The van der Waals surface area contributed by atoms with Crippen molar-refractivity contribution in [3.05, 3.63) is 0 Å². The van der Waals surface area contributed by atoms with E-state index in [0.29, 0.717) is 24.8 Å². The molecule has 0 saturated heterocycles. The van der Waals surface area contributed by atoms with Gasteiger partial charge in [-0.05, 0) is 55.8 Å². The summed E-state index contributed by atoms with van der Waals surface area (Å²) in [5.74, 6) is 0.174. The van der Waals surface area contributed by atoms with Crippen molar-refractivity contribution in [2.75, 3.05) is 6.54 Å². The second-order valence-corrected chi connectivity index (χ2v) is 6.94. The Morgan fingerprint density at radius 2 is 1.83 bits per heavy atom. The Morgan fingerprint density at radius 1 is 1.22 bits per heavy atom. The van der Waals surface area contributed by atoms with Gasteiger partial charge in [0.15, 0.2) is 0 Å². The normalized spacial score (nSPS) is 44.9. The van der Waals surface area contributed by atoms with Crippen molar-refractivity contribution >= 4 is 11.9 Å². The van der Waals surface area contributed by atoms with E-state index in [9.17, 15) is 14.7 Å². The van der Waals surface area contributed by atoms with Gasteiger partial charge in [0.2, 0.25) is 5.91 Å². The standard InChI is InChI=1S/C14H21NO3/c1-9(16)15-8-13-3-10-2-11(4-13)6-14(5-10,7-13)12(17)18/h10-11H,2-8H2,1H3,(H,15,16)(H,17,18)/p-1/t10-,11+,13?,14?. The Morgan fingerprint density at radius 3 is 2.33 bits per heavy atom. The minimum absolute atomic E-state index is 0.0201. The lowest BCUT2D eigenvalue weighted by molar-refractivity contribution is -0.329. The molecule has 0 radical (unpaired) electrons. The number of rotatable bonds is 3. The second kappa shape index (κ2) is 3.72. The molecule has 100 valence electrons. The highest BCUT2D eigenvalue weighted by Gasteiger charge is 2.58. The molecule has 2 unspecified atom stereocenters. The Labute approximate surface area is 107 Å². The van der Waals surface area contributed by atoms with Crippen LogP contribution < -0.4 is 10.4 Å². The number of carboxylic acid groups (broad SMARTS) is 1. The molecule has 4 saturated carbocycles. The fourth-order valence-corrected chi connectivity index (χ4v) is 5.21. The van der Waals surface area contributed by atoms with E-state index in [1.807, 2.05) is 0 Å². The molecule has 1 amide bonds. The first kappa shape index (κ1) is 12.0. The molecule has 0 aromatic carbocycles. The number of aliphatic carboxylic acids is 1. The minimum Gasteiger partial charge on any atom is -0.550 e. The molecule has 0 heterocycles. The quantitative estimate of drug-likeness (QED) is 0.791. The van der Waals surface area contributed by atoms with Gasteiger partial charge in [-0.25, -0.2) is 0 Å². The van der Waals surface area contributed by atoms with Crippen LogP contribution >= 0.6 is 0 Å². The maximum Gasteiger partial charge on any atom is 0.216 e. The third-order valence-corrected chi connectivity index (χ3v) is 5.33. The van der Waals surface area contributed by atoms with E-state index in [2.05, 4.69) is 5.32 Å². The smallest absolute Gasteiger partial charge is 0.216 e. The zero-order chi connectivity index (χ0) is 13.0. The van der Waals surface area contributed by atoms with Gasteiger partial charge in [-0.15, -0.1) is 0 Å². The number of carboxylic acids is 1. The van der Waals surface area contributed by atoms with Crippen LogP contribution in [-0.2, 0) is 9.59 Å². The zero-order valence-corrected chi connectivity index (χ0v) is 10.8. The highest BCUT2D eigenvalue weighted by molar-refractivity contribution is 5.74. The van der Waals surface area contributed by atoms with E-state index in [1.54, 1.807) is 0 Å². The monoisotopic (exact) mass is 250 g/mol. The molecular weight excluding hydrogens is 230 g/mol. The SMILES string of the molecule is CC(=O)NCC12C[C@H]3C[C@@H](C1)CC(C(=O)[O-])(C3)C2. The summed E-state index contributed by atoms with van der Waals surface area (Å²) in [6.45, 7) is 2.17. The van der Waals surface area contributed by atoms with E-state index < -0.39 is 11.4 Å². The van der Waals surface area contributed by atoms with Crippen LogP contribution in [0, 0.1) is 22.7 Å². The number of nitrogens with one attached hydrogen (secondary N) is 1. The Hall–Kier alpha value is -1.06. The van der Waals surface area contributed by atoms with E-state index in [4.69, 9.17) is 0 Å². The summed E-state index contributed by atoms with van der Waals surface area (Å²) >= 11 is 0. The van der Waals surface area contributed by atoms with Gasteiger partial charge in [-0.3, -0.25) is 4.79 Å². The number of carbonyl (C=O) groups is 2. The molecule has 4 rings (SSSR count). The van der Waals surface area contributed by atoms with Crippen molar-refractivity contribution < 1.29 is 14.7 Å². The summed E-state index contributed by atoms with van der Waals surface area (Å²) in [6, 6.07) is 0. The predicted molar refractivity (Wildman–Crippen MR) is 63.2 cm³/mol. The van der Waals surface area contributed by atoms with Gasteiger partial charge < -0.3 is 15.2 Å². The summed E-state index contributed by atoms with van der Waals surface area (Å²) in [5.41, 5.74) is -0.571. The molecule has 4 heteroatoms. The molecule has 4 atom stereocenters. The van der Waals surface area contributed by atoms with Crippen LogP contribution in [0.5, 0.6) is 0 Å². The van der Waals surface area contributed by atoms with Gasteiger partial charge in [-0.1, -0.05) is 0 Å². The third-order valence-electron chi connectivity index (χ3n) is 5.33. The molecule has 1 N–H and O–H groups in total. The predicted octanol–water partition coefficient (Wildman–Crippen LogP) is 0.459. The van der Waals surface area contributed by atoms with Gasteiger partial charge in [0.05, 0.1) is 0 Å². The van der Waals surface area contributed by atoms with Crippen molar-refractivity contribution in [1.29, 1.82) is 0 Å². The van der Waals surface area contributed by atoms with Gasteiger partial charge in [0.25, 0.3) is 0 Å². The molecular formula is C14H20NO3-. The summed E-state index contributed by atoms with van der Waals surface area (Å²) in [4.78, 5) is 22.6. The largest absolute Gasteiger partial charge is 0.550 e. The van der Waals surface area contributed by atoms with Gasteiger partial charge in [-0.2, -0.15) is 0 Å². The van der Waals surface area contributed by atoms with Gasteiger partial charge >= 0.3 is 0 Å². The van der Waals surface area contributed by atoms with Crippen LogP contribution in [0.15, 0.2) is 0 Å². The first-order chi connectivity index (χ1) is 8.43. The molecule has 4 aliphatic carbocycles. The van der Waals surface area contributed by atoms with Crippen LogP contribution in [0.1, 0.15) is 45.4 Å². The van der Waals surface area contributed by atoms with Crippen LogP contribution in [0.2, 0.25) is 0 Å². The second-order valence-electron chi connectivity index (χ2n) is 6.94. The lowest BCUT2D eigenvalue weighted by Gasteiger charge is -2.62. The van der Waals surface area contributed by atoms with Crippen LogP contribution in [0.4, 0.5) is 0 Å². The molecule has 18 heavy (non-hydrogen) atoms. The number of hydrogen-bond donors (Lipinski definition) is 1. The maximum atomic E-state index is 11.5. The average molecular weight is 250 g/mol. The maximum absolute atomic E-state index is 11.5. The van der Waals surface area contributed by atoms with Crippen LogP contribution in [-0.4, -0.2) is 18.4 Å². The van der Waals surface area contributed by atoms with Crippen LogP contribution in [0.25, 0.3) is 0 Å². The van der Waals surface area contributed by atoms with Crippen molar-refractivity contribution in [1.82, 2.24) is 5.32 Å². The average Bonchev–Trinajstić information content (AvgIpc) is 2.24. The topological polar surface area (TPSA) is 69.2 Å². The van der Waals surface area contributed by atoms with Gasteiger partial charge in [0, 0.05) is 24.9 Å². The molecule has 4 bridgehead atoms. The van der Waals surface area contributed by atoms with Crippen molar-refractivity contribution in [3.8, 4) is 0 Å². The van der Waals surface area contributed by atoms with Crippen LogP contribution in [0.3, 0.4) is 0 Å². The van der Waals surface area contributed by atoms with Crippen molar-refractivity contribution in [2.45, 2.75) is 45.4 Å². The summed E-state index contributed by atoms with van der Waals surface area (Å²) in [6.07, 6.45) is 5.64. The molecule has 0 aliphatic heterocycles. The first-order valence-electron chi connectivity index (χ1n) is 6.89. The number of hydrogen-bond acceptors (Lipinski definition) is 3. The zero-order valence-electron chi connectivity index (χ0n) is 10.8.